The van der Waals surface area contributed by atoms with Crippen molar-refractivity contribution in [3.63, 3.8) is 0 Å². The minimum atomic E-state index is -4.54. The molecule has 0 unspecified atom stereocenters. The van der Waals surface area contributed by atoms with Crippen molar-refractivity contribution in [2.75, 3.05) is 5.32 Å². The lowest BCUT2D eigenvalue weighted by molar-refractivity contribution is -0.137. The normalized spacial score (nSPS) is 11.5. The molecule has 1 aromatic heterocycles. The fraction of sp³-hybridized carbons (Fsp3) is 0.158. The Balaban J connectivity index is 2.01. The molecule has 0 saturated heterocycles. The fourth-order valence-electron chi connectivity index (χ4n) is 2.69. The number of H-pyrrole nitrogens is 1. The third-order valence-corrected chi connectivity index (χ3v) is 4.02. The first-order valence-electron chi connectivity index (χ1n) is 8.21. The van der Waals surface area contributed by atoms with E-state index in [4.69, 9.17) is 0 Å². The average molecular weight is 395 g/mol. The summed E-state index contributed by atoms with van der Waals surface area (Å²) in [6, 6.07) is 6.81. The number of hydrogen-bond acceptors (Lipinski definition) is 2. The SMILES string of the molecule is CCc1[nH]nc(-c2cccc(C(F)(F)F)c2)c1NC(=O)c1cc(F)cc(F)c1. The molecular formula is C19H14F5N3O. The van der Waals surface area contributed by atoms with Crippen LogP contribution in [0.5, 0.6) is 0 Å². The number of nitrogens with one attached hydrogen (secondary N) is 2. The third kappa shape index (κ3) is 4.03. The van der Waals surface area contributed by atoms with E-state index in [1.54, 1.807) is 6.92 Å². The molecule has 2 aromatic carbocycles. The van der Waals surface area contributed by atoms with E-state index in [0.717, 1.165) is 24.3 Å². The van der Waals surface area contributed by atoms with Crippen LogP contribution in [0.4, 0.5) is 27.6 Å². The highest BCUT2D eigenvalue weighted by Crippen LogP contribution is 2.35. The van der Waals surface area contributed by atoms with E-state index in [1.165, 1.54) is 12.1 Å². The number of hydrogen-bond donors (Lipinski definition) is 2. The van der Waals surface area contributed by atoms with Crippen LogP contribution >= 0.6 is 0 Å². The number of carbonyl (C=O) groups is 1. The number of aryl methyl sites for hydroxylation is 1. The van der Waals surface area contributed by atoms with Crippen molar-refractivity contribution in [1.29, 1.82) is 0 Å². The Morgan fingerprint density at radius 1 is 1.11 bits per heavy atom. The minimum absolute atomic E-state index is 0.0909. The number of nitrogens with zero attached hydrogens (tertiary/aromatic N) is 1. The number of anilines is 1. The summed E-state index contributed by atoms with van der Waals surface area (Å²) in [4.78, 5) is 12.4. The molecule has 0 radical (unpaired) electrons. The van der Waals surface area contributed by atoms with E-state index < -0.39 is 29.3 Å². The highest BCUT2D eigenvalue weighted by atomic mass is 19.4. The second-order valence-corrected chi connectivity index (χ2v) is 5.97. The van der Waals surface area contributed by atoms with Crippen molar-refractivity contribution in [1.82, 2.24) is 10.2 Å². The molecule has 2 N–H and O–H groups in total. The van der Waals surface area contributed by atoms with Crippen LogP contribution in [0.1, 0.15) is 28.5 Å². The molecule has 146 valence electrons. The number of rotatable bonds is 4. The first kappa shape index (κ1) is 19.5. The standard InChI is InChI=1S/C19H14F5N3O/c1-2-15-17(25-18(28)11-7-13(20)9-14(21)8-11)16(27-26-15)10-4-3-5-12(6-10)19(22,23)24/h3-9H,2H2,1H3,(H,25,28)(H,26,27). The zero-order valence-electron chi connectivity index (χ0n) is 14.5. The van der Waals surface area contributed by atoms with Crippen molar-refractivity contribution in [3.05, 3.63) is 70.9 Å². The highest BCUT2D eigenvalue weighted by Gasteiger charge is 2.31. The van der Waals surface area contributed by atoms with Crippen molar-refractivity contribution in [2.45, 2.75) is 19.5 Å². The van der Waals surface area contributed by atoms with Crippen LogP contribution < -0.4 is 5.32 Å². The number of alkyl halides is 3. The molecule has 1 heterocycles. The van der Waals surface area contributed by atoms with Gasteiger partial charge in [-0.15, -0.1) is 0 Å². The molecule has 0 aliphatic heterocycles. The van der Waals surface area contributed by atoms with E-state index >= 15 is 0 Å². The molecule has 0 spiro atoms. The van der Waals surface area contributed by atoms with Gasteiger partial charge in [0.2, 0.25) is 0 Å². The summed E-state index contributed by atoms with van der Waals surface area (Å²) >= 11 is 0. The second kappa shape index (κ2) is 7.41. The summed E-state index contributed by atoms with van der Waals surface area (Å²) in [6.07, 6.45) is -4.15. The number of benzene rings is 2. The summed E-state index contributed by atoms with van der Waals surface area (Å²) in [5.41, 5.74) is -0.305. The molecule has 3 aromatic rings. The van der Waals surface area contributed by atoms with Crippen molar-refractivity contribution >= 4 is 11.6 Å². The Kier molecular flexibility index (Phi) is 5.17. The summed E-state index contributed by atoms with van der Waals surface area (Å²) < 4.78 is 65.7. The summed E-state index contributed by atoms with van der Waals surface area (Å²) in [5.74, 6) is -2.67. The lowest BCUT2D eigenvalue weighted by atomic mass is 10.1. The fourth-order valence-corrected chi connectivity index (χ4v) is 2.69. The monoisotopic (exact) mass is 395 g/mol. The molecule has 0 atom stereocenters. The molecule has 0 aliphatic rings. The number of halogens is 5. The van der Waals surface area contributed by atoms with Gasteiger partial charge >= 0.3 is 6.18 Å². The zero-order valence-corrected chi connectivity index (χ0v) is 14.5. The Labute approximate surface area is 156 Å². The molecule has 4 nitrogen and oxygen atoms in total. The van der Waals surface area contributed by atoms with Gasteiger partial charge in [0.25, 0.3) is 5.91 Å². The molecular weight excluding hydrogens is 381 g/mol. The topological polar surface area (TPSA) is 57.8 Å². The van der Waals surface area contributed by atoms with Crippen LogP contribution in [0.25, 0.3) is 11.3 Å². The smallest absolute Gasteiger partial charge is 0.319 e. The summed E-state index contributed by atoms with van der Waals surface area (Å²) in [7, 11) is 0. The van der Waals surface area contributed by atoms with Gasteiger partial charge in [-0.05, 0) is 30.7 Å². The zero-order chi connectivity index (χ0) is 20.5. The van der Waals surface area contributed by atoms with Gasteiger partial charge in [-0.1, -0.05) is 19.1 Å². The summed E-state index contributed by atoms with van der Waals surface area (Å²) in [5, 5.41) is 9.16. The van der Waals surface area contributed by atoms with E-state index in [2.05, 4.69) is 15.5 Å². The lowest BCUT2D eigenvalue weighted by Crippen LogP contribution is -2.14. The Morgan fingerprint density at radius 2 is 1.79 bits per heavy atom. The van der Waals surface area contributed by atoms with Gasteiger partial charge in [-0.25, -0.2) is 8.78 Å². The van der Waals surface area contributed by atoms with Gasteiger partial charge in [0.05, 0.1) is 16.9 Å². The predicted molar refractivity (Wildman–Crippen MR) is 92.7 cm³/mol. The van der Waals surface area contributed by atoms with Gasteiger partial charge in [0, 0.05) is 17.2 Å². The van der Waals surface area contributed by atoms with E-state index in [-0.39, 0.29) is 22.5 Å². The van der Waals surface area contributed by atoms with Crippen LogP contribution in [0.15, 0.2) is 42.5 Å². The second-order valence-electron chi connectivity index (χ2n) is 5.97. The van der Waals surface area contributed by atoms with Crippen LogP contribution in [-0.2, 0) is 12.6 Å². The third-order valence-electron chi connectivity index (χ3n) is 4.02. The number of aromatic nitrogens is 2. The van der Waals surface area contributed by atoms with E-state index in [1.807, 2.05) is 0 Å². The Morgan fingerprint density at radius 3 is 2.39 bits per heavy atom. The molecule has 0 fully saturated rings. The van der Waals surface area contributed by atoms with Crippen molar-refractivity contribution in [3.8, 4) is 11.3 Å². The Hall–Kier alpha value is -3.23. The number of amides is 1. The summed E-state index contributed by atoms with van der Waals surface area (Å²) in [6.45, 7) is 1.75. The molecule has 1 amide bonds. The number of carbonyl (C=O) groups excluding carboxylic acids is 1. The first-order chi connectivity index (χ1) is 13.2. The van der Waals surface area contributed by atoms with Gasteiger partial charge in [0.15, 0.2) is 0 Å². The minimum Gasteiger partial charge on any atom is -0.319 e. The highest BCUT2D eigenvalue weighted by molar-refractivity contribution is 6.06. The molecule has 28 heavy (non-hydrogen) atoms. The Bertz CT molecular complexity index is 1010. The van der Waals surface area contributed by atoms with Gasteiger partial charge in [-0.3, -0.25) is 9.89 Å². The lowest BCUT2D eigenvalue weighted by Gasteiger charge is -2.10. The van der Waals surface area contributed by atoms with Gasteiger partial charge in [0.1, 0.15) is 17.3 Å². The molecule has 3 rings (SSSR count). The molecule has 0 saturated carbocycles. The number of aromatic amines is 1. The van der Waals surface area contributed by atoms with Crippen LogP contribution in [0.2, 0.25) is 0 Å². The van der Waals surface area contributed by atoms with Gasteiger partial charge < -0.3 is 5.32 Å². The van der Waals surface area contributed by atoms with Crippen LogP contribution in [0.3, 0.4) is 0 Å². The largest absolute Gasteiger partial charge is 0.416 e. The average Bonchev–Trinajstić information content (AvgIpc) is 3.03. The maximum Gasteiger partial charge on any atom is 0.416 e. The van der Waals surface area contributed by atoms with Crippen molar-refractivity contribution in [2.24, 2.45) is 0 Å². The molecule has 0 aliphatic carbocycles. The quantitative estimate of drug-likeness (QED) is 0.598. The van der Waals surface area contributed by atoms with Crippen LogP contribution in [0, 0.1) is 11.6 Å². The first-order valence-corrected chi connectivity index (χ1v) is 8.21. The predicted octanol–water partition coefficient (Wildman–Crippen LogP) is 5.19. The van der Waals surface area contributed by atoms with Crippen molar-refractivity contribution < 1.29 is 26.7 Å². The van der Waals surface area contributed by atoms with E-state index in [9.17, 15) is 26.7 Å². The molecule has 9 heteroatoms. The molecule has 0 bridgehead atoms. The van der Waals surface area contributed by atoms with Gasteiger partial charge in [-0.2, -0.15) is 18.3 Å². The van der Waals surface area contributed by atoms with E-state index in [0.29, 0.717) is 18.2 Å². The maximum absolute atomic E-state index is 13.4. The van der Waals surface area contributed by atoms with Crippen LogP contribution in [-0.4, -0.2) is 16.1 Å². The maximum atomic E-state index is 13.4.